The van der Waals surface area contributed by atoms with Gasteiger partial charge in [-0.05, 0) is 44.1 Å². The second-order valence-electron chi connectivity index (χ2n) is 5.27. The molecule has 0 aliphatic carbocycles. The van der Waals surface area contributed by atoms with Crippen molar-refractivity contribution >= 4 is 17.0 Å². The number of hydrogen-bond acceptors (Lipinski definition) is 5. The smallest absolute Gasteiger partial charge is 0.212 e. The number of para-hydroxylation sites is 1. The number of benzene rings is 1. The molecule has 0 radical (unpaired) electrons. The molecule has 0 spiro atoms. The van der Waals surface area contributed by atoms with E-state index < -0.39 is 10.2 Å². The van der Waals surface area contributed by atoms with E-state index in [1.807, 2.05) is 13.2 Å². The Hall–Kier alpha value is -1.96. The van der Waals surface area contributed by atoms with Crippen molar-refractivity contribution in [1.82, 2.24) is 0 Å². The Bertz CT molecular complexity index is 747. The highest BCUT2D eigenvalue weighted by Gasteiger charge is 2.10. The van der Waals surface area contributed by atoms with E-state index >= 15 is 0 Å². The number of aryl methyl sites for hydroxylation is 1. The second kappa shape index (κ2) is 10.9. The molecule has 0 aliphatic heterocycles. The zero-order valence-corrected chi connectivity index (χ0v) is 15.9. The maximum Gasteiger partial charge on any atom is 0.212 e. The van der Waals surface area contributed by atoms with Crippen molar-refractivity contribution in [3.63, 3.8) is 0 Å². The lowest BCUT2D eigenvalue weighted by Crippen LogP contribution is -2.68. The molecule has 6 nitrogen and oxygen atoms in total. The Kier molecular flexibility index (Phi) is 9.26. The Morgan fingerprint density at radius 2 is 1.69 bits per heavy atom. The van der Waals surface area contributed by atoms with Crippen LogP contribution < -0.4 is 23.2 Å². The average molecular weight is 382 g/mol. The van der Waals surface area contributed by atoms with Gasteiger partial charge in [-0.15, -0.1) is 10.2 Å². The fourth-order valence-electron chi connectivity index (χ4n) is 2.40. The lowest BCUT2D eigenvalue weighted by molar-refractivity contribution is -2.00. The number of hydrogen-bond donors (Lipinski definition) is 0. The van der Waals surface area contributed by atoms with E-state index in [-0.39, 0.29) is 0 Å². The molecule has 0 fully saturated rings. The van der Waals surface area contributed by atoms with Crippen LogP contribution in [0.5, 0.6) is 0 Å². The van der Waals surface area contributed by atoms with Crippen molar-refractivity contribution in [2.45, 2.75) is 33.7 Å². The van der Waals surface area contributed by atoms with Gasteiger partial charge in [-0.2, -0.15) is 4.57 Å². The van der Waals surface area contributed by atoms with Crippen molar-refractivity contribution in [2.75, 3.05) is 6.61 Å². The third kappa shape index (κ3) is 7.95. The predicted molar refractivity (Wildman–Crippen MR) is 88.9 cm³/mol. The number of halogens is 1. The summed E-state index contributed by atoms with van der Waals surface area (Å²) in [6.45, 7) is 7.99. The number of aromatic nitrogens is 1. The van der Waals surface area contributed by atoms with E-state index in [0.29, 0.717) is 6.61 Å². The summed E-state index contributed by atoms with van der Waals surface area (Å²) in [5.74, 6) is 0. The van der Waals surface area contributed by atoms with Gasteiger partial charge in [0.2, 0.25) is 11.2 Å². The van der Waals surface area contributed by atoms with Gasteiger partial charge >= 0.3 is 0 Å². The summed E-state index contributed by atoms with van der Waals surface area (Å²) >= 11 is 0. The molecule has 0 saturated heterocycles. The molecule has 142 valence electrons. The van der Waals surface area contributed by atoms with Crippen molar-refractivity contribution in [2.24, 2.45) is 0 Å². The SMILES string of the molecule is CCO/C=C(/C=C/c1ccc2ccccc2[n+]1CC)CC.[O-][Cl+3]([O-])([O-])[O-]. The summed E-state index contributed by atoms with van der Waals surface area (Å²) in [5, 5.41) is 1.28. The average Bonchev–Trinajstić information content (AvgIpc) is 2.60. The Morgan fingerprint density at radius 3 is 2.27 bits per heavy atom. The van der Waals surface area contributed by atoms with E-state index in [2.05, 4.69) is 67.0 Å². The first kappa shape index (κ1) is 22.1. The summed E-state index contributed by atoms with van der Waals surface area (Å²) in [6.07, 6.45) is 7.14. The van der Waals surface area contributed by atoms with Crippen LogP contribution in [0.15, 0.2) is 54.3 Å². The van der Waals surface area contributed by atoms with Gasteiger partial charge in [0, 0.05) is 23.6 Å². The van der Waals surface area contributed by atoms with E-state index in [4.69, 9.17) is 23.4 Å². The summed E-state index contributed by atoms with van der Waals surface area (Å²) in [4.78, 5) is 0. The Balaban J connectivity index is 0.000000597. The molecule has 1 aromatic carbocycles. The number of fused-ring (bicyclic) bond motifs is 1. The quantitative estimate of drug-likeness (QED) is 0.389. The summed E-state index contributed by atoms with van der Waals surface area (Å²) in [6, 6.07) is 12.9. The predicted octanol–water partition coefficient (Wildman–Crippen LogP) is -0.265. The van der Waals surface area contributed by atoms with Gasteiger partial charge in [-0.1, -0.05) is 19.1 Å². The molecule has 0 bridgehead atoms. The maximum absolute atomic E-state index is 8.49. The van der Waals surface area contributed by atoms with Gasteiger partial charge in [0.15, 0.2) is 0 Å². The van der Waals surface area contributed by atoms with Crippen molar-refractivity contribution in [1.29, 1.82) is 0 Å². The number of rotatable bonds is 6. The highest BCUT2D eigenvalue weighted by molar-refractivity contribution is 5.76. The fourth-order valence-corrected chi connectivity index (χ4v) is 2.40. The largest absolute Gasteiger partial charge is 0.501 e. The molecule has 0 aliphatic rings. The van der Waals surface area contributed by atoms with E-state index in [9.17, 15) is 0 Å². The standard InChI is InChI=1S/C19H24NO.ClHO4/c1-4-16(15-21-6-3)11-13-18-14-12-17-9-7-8-10-19(17)20(18)5-2;2-1(3,4)5/h7-15H,4-6H2,1-3H3;(H,2,3,4,5)/q+1;/p-1/b13-11+,16-15+;. The molecule has 7 heteroatoms. The molecule has 0 amide bonds. The third-order valence-corrected chi connectivity index (χ3v) is 3.57. The van der Waals surface area contributed by atoms with Gasteiger partial charge in [0.1, 0.15) is 6.54 Å². The van der Waals surface area contributed by atoms with Crippen molar-refractivity contribution < 1.29 is 38.2 Å². The zero-order chi connectivity index (χ0) is 19.6. The molecule has 1 heterocycles. The molecule has 26 heavy (non-hydrogen) atoms. The molecular formula is C19H24ClNO5. The normalized spacial score (nSPS) is 12.2. The van der Waals surface area contributed by atoms with Crippen LogP contribution >= 0.6 is 0 Å². The van der Waals surface area contributed by atoms with Gasteiger partial charge in [0.05, 0.1) is 12.9 Å². The first-order valence-corrected chi connectivity index (χ1v) is 9.55. The monoisotopic (exact) mass is 381 g/mol. The van der Waals surface area contributed by atoms with Crippen LogP contribution in [0.25, 0.3) is 17.0 Å². The minimum absolute atomic E-state index is 0.711. The van der Waals surface area contributed by atoms with E-state index in [1.165, 1.54) is 22.2 Å². The highest BCUT2D eigenvalue weighted by atomic mass is 35.7. The van der Waals surface area contributed by atoms with Gasteiger partial charge in [0.25, 0.3) is 0 Å². The van der Waals surface area contributed by atoms with Crippen LogP contribution in [0, 0.1) is 10.2 Å². The molecular weight excluding hydrogens is 358 g/mol. The molecule has 1 aromatic heterocycles. The van der Waals surface area contributed by atoms with Gasteiger partial charge in [-0.25, -0.2) is 18.6 Å². The van der Waals surface area contributed by atoms with Gasteiger partial charge < -0.3 is 4.74 Å². The van der Waals surface area contributed by atoms with E-state index in [1.54, 1.807) is 0 Å². The fraction of sp³-hybridized carbons (Fsp3) is 0.316. The maximum atomic E-state index is 8.49. The minimum atomic E-state index is -4.94. The Morgan fingerprint density at radius 1 is 1.04 bits per heavy atom. The number of allylic oxidation sites excluding steroid dienone is 2. The molecule has 2 rings (SSSR count). The number of nitrogens with zero attached hydrogens (tertiary/aromatic N) is 1. The highest BCUT2D eigenvalue weighted by Crippen LogP contribution is 2.13. The van der Waals surface area contributed by atoms with Crippen molar-refractivity contribution in [3.8, 4) is 0 Å². The van der Waals surface area contributed by atoms with Crippen LogP contribution in [0.3, 0.4) is 0 Å². The topological polar surface area (TPSA) is 105 Å². The van der Waals surface area contributed by atoms with Crippen LogP contribution in [0.4, 0.5) is 0 Å². The Labute approximate surface area is 156 Å². The third-order valence-electron chi connectivity index (χ3n) is 3.57. The van der Waals surface area contributed by atoms with Gasteiger partial charge in [-0.3, -0.25) is 0 Å². The lowest BCUT2D eigenvalue weighted by atomic mass is 10.1. The molecule has 0 saturated carbocycles. The van der Waals surface area contributed by atoms with Crippen LogP contribution in [0.2, 0.25) is 0 Å². The number of ether oxygens (including phenoxy) is 1. The van der Waals surface area contributed by atoms with Crippen LogP contribution in [0.1, 0.15) is 32.9 Å². The summed E-state index contributed by atoms with van der Waals surface area (Å²) in [7, 11) is -4.94. The first-order chi connectivity index (χ1) is 12.3. The number of pyridine rings is 1. The first-order valence-electron chi connectivity index (χ1n) is 8.32. The second-order valence-corrected chi connectivity index (χ2v) is 6.03. The molecule has 0 atom stereocenters. The van der Waals surface area contributed by atoms with E-state index in [0.717, 1.165) is 13.0 Å². The molecule has 0 unspecified atom stereocenters. The minimum Gasteiger partial charge on any atom is -0.501 e. The molecule has 2 aromatic rings. The van der Waals surface area contributed by atoms with Crippen LogP contribution in [-0.2, 0) is 11.3 Å². The van der Waals surface area contributed by atoms with Crippen LogP contribution in [-0.4, -0.2) is 6.61 Å². The summed E-state index contributed by atoms with van der Waals surface area (Å²) < 4.78 is 41.7. The zero-order valence-electron chi connectivity index (χ0n) is 15.2. The van der Waals surface area contributed by atoms with Crippen molar-refractivity contribution in [3.05, 3.63) is 60.0 Å². The lowest BCUT2D eigenvalue weighted by Gasteiger charge is -2.17. The molecule has 0 N–H and O–H groups in total. The summed E-state index contributed by atoms with van der Waals surface area (Å²) in [5.41, 5.74) is 3.69.